The van der Waals surface area contributed by atoms with Crippen LogP contribution in [0.15, 0.2) is 54.6 Å². The van der Waals surface area contributed by atoms with Gasteiger partial charge in [-0.3, -0.25) is 4.79 Å². The molecular formula is C19H14N2O2. The third kappa shape index (κ3) is 2.16. The molecule has 0 fully saturated rings. The largest absolute Gasteiger partial charge is 0.508 e. The molecule has 0 radical (unpaired) electrons. The van der Waals surface area contributed by atoms with Gasteiger partial charge in [-0.05, 0) is 35.4 Å². The first-order valence-corrected chi connectivity index (χ1v) is 7.35. The molecule has 0 unspecified atom stereocenters. The van der Waals surface area contributed by atoms with Crippen LogP contribution in [-0.2, 0) is 6.42 Å². The highest BCUT2D eigenvalue weighted by atomic mass is 16.3. The van der Waals surface area contributed by atoms with Gasteiger partial charge in [0, 0.05) is 23.1 Å². The summed E-state index contributed by atoms with van der Waals surface area (Å²) in [6.45, 7) is 0. The number of nitrogens with zero attached hydrogens (tertiary/aromatic N) is 1. The lowest BCUT2D eigenvalue weighted by molar-refractivity contribution is 0.0999. The number of amides is 1. The van der Waals surface area contributed by atoms with Crippen LogP contribution in [0.3, 0.4) is 0 Å². The van der Waals surface area contributed by atoms with Gasteiger partial charge in [-0.1, -0.05) is 30.3 Å². The summed E-state index contributed by atoms with van der Waals surface area (Å²) in [6, 6.07) is 16.6. The van der Waals surface area contributed by atoms with E-state index in [0.717, 1.165) is 33.6 Å². The quantitative estimate of drug-likeness (QED) is 0.597. The highest BCUT2D eigenvalue weighted by Crippen LogP contribution is 2.40. The van der Waals surface area contributed by atoms with E-state index in [1.807, 2.05) is 36.4 Å². The van der Waals surface area contributed by atoms with Crippen molar-refractivity contribution >= 4 is 5.91 Å². The first-order chi connectivity index (χ1) is 11.1. The summed E-state index contributed by atoms with van der Waals surface area (Å²) in [6.07, 6.45) is 0.555. The van der Waals surface area contributed by atoms with Crippen molar-refractivity contribution in [3.63, 3.8) is 0 Å². The van der Waals surface area contributed by atoms with E-state index in [1.165, 1.54) is 0 Å². The molecule has 112 valence electrons. The number of hydrogen-bond acceptors (Lipinski definition) is 3. The van der Waals surface area contributed by atoms with Crippen molar-refractivity contribution in [3.8, 4) is 28.3 Å². The third-order valence-corrected chi connectivity index (χ3v) is 4.17. The molecule has 4 rings (SSSR count). The summed E-state index contributed by atoms with van der Waals surface area (Å²) in [5.74, 6) is -0.252. The lowest BCUT2D eigenvalue weighted by Gasteiger charge is -2.09. The lowest BCUT2D eigenvalue weighted by atomic mass is 10.0. The molecule has 1 aliphatic carbocycles. The Morgan fingerprint density at radius 3 is 2.61 bits per heavy atom. The fraction of sp³-hybridized carbons (Fsp3) is 0.0526. The monoisotopic (exact) mass is 302 g/mol. The molecule has 3 N–H and O–H groups in total. The van der Waals surface area contributed by atoms with Gasteiger partial charge in [0.05, 0.1) is 11.4 Å². The van der Waals surface area contributed by atoms with E-state index in [1.54, 1.807) is 18.2 Å². The van der Waals surface area contributed by atoms with Crippen LogP contribution in [0.2, 0.25) is 0 Å². The van der Waals surface area contributed by atoms with Crippen LogP contribution in [0.5, 0.6) is 5.75 Å². The van der Waals surface area contributed by atoms with Gasteiger partial charge in [-0.25, -0.2) is 4.98 Å². The van der Waals surface area contributed by atoms with Crippen LogP contribution >= 0.6 is 0 Å². The van der Waals surface area contributed by atoms with Crippen molar-refractivity contribution in [3.05, 3.63) is 71.3 Å². The number of fused-ring (bicyclic) bond motifs is 3. The van der Waals surface area contributed by atoms with E-state index in [9.17, 15) is 9.90 Å². The van der Waals surface area contributed by atoms with Gasteiger partial charge in [-0.15, -0.1) is 0 Å². The summed E-state index contributed by atoms with van der Waals surface area (Å²) in [5.41, 5.74) is 11.2. The molecule has 4 nitrogen and oxygen atoms in total. The number of phenolic OH excluding ortho intramolecular Hbond substituents is 1. The fourth-order valence-electron chi connectivity index (χ4n) is 3.10. The maximum absolute atomic E-state index is 11.9. The second kappa shape index (κ2) is 4.95. The van der Waals surface area contributed by atoms with Crippen molar-refractivity contribution < 1.29 is 9.90 Å². The van der Waals surface area contributed by atoms with E-state index in [0.29, 0.717) is 12.0 Å². The molecule has 3 aromatic rings. The van der Waals surface area contributed by atoms with Gasteiger partial charge in [0.2, 0.25) is 5.91 Å². The van der Waals surface area contributed by atoms with Gasteiger partial charge in [0.1, 0.15) is 5.75 Å². The van der Waals surface area contributed by atoms with Gasteiger partial charge >= 0.3 is 0 Å². The highest BCUT2D eigenvalue weighted by Gasteiger charge is 2.26. The first kappa shape index (κ1) is 13.5. The number of aromatic hydroxyl groups is 1. The Hall–Kier alpha value is -3.14. The van der Waals surface area contributed by atoms with Crippen LogP contribution in [0.4, 0.5) is 0 Å². The molecule has 0 bridgehead atoms. The molecule has 1 aromatic heterocycles. The molecule has 4 heteroatoms. The minimum atomic E-state index is -0.460. The fourth-order valence-corrected chi connectivity index (χ4v) is 3.10. The Balaban J connectivity index is 1.98. The van der Waals surface area contributed by atoms with E-state index in [-0.39, 0.29) is 5.75 Å². The number of nitrogens with two attached hydrogens (primary N) is 1. The maximum Gasteiger partial charge on any atom is 0.249 e. The molecule has 23 heavy (non-hydrogen) atoms. The second-order valence-corrected chi connectivity index (χ2v) is 5.63. The van der Waals surface area contributed by atoms with Crippen molar-refractivity contribution in [2.45, 2.75) is 6.42 Å². The van der Waals surface area contributed by atoms with Gasteiger partial charge in [0.25, 0.3) is 0 Å². The minimum Gasteiger partial charge on any atom is -0.508 e. The Bertz CT molecular complexity index is 934. The van der Waals surface area contributed by atoms with Crippen LogP contribution in [0, 0.1) is 0 Å². The zero-order chi connectivity index (χ0) is 16.0. The Morgan fingerprint density at radius 1 is 1.09 bits per heavy atom. The molecule has 1 aliphatic rings. The van der Waals surface area contributed by atoms with Crippen molar-refractivity contribution in [2.75, 3.05) is 0 Å². The van der Waals surface area contributed by atoms with Crippen LogP contribution in [0.25, 0.3) is 22.5 Å². The smallest absolute Gasteiger partial charge is 0.249 e. The summed E-state index contributed by atoms with van der Waals surface area (Å²) < 4.78 is 0. The number of phenols is 1. The number of pyridine rings is 1. The predicted octanol–water partition coefficient (Wildman–Crippen LogP) is 3.12. The average Bonchev–Trinajstić information content (AvgIpc) is 2.91. The molecule has 1 heterocycles. The van der Waals surface area contributed by atoms with Gasteiger partial charge in [0.15, 0.2) is 0 Å². The van der Waals surface area contributed by atoms with E-state index >= 15 is 0 Å². The molecule has 0 saturated heterocycles. The minimum absolute atomic E-state index is 0.209. The number of primary amides is 1. The third-order valence-electron chi connectivity index (χ3n) is 4.17. The van der Waals surface area contributed by atoms with Crippen LogP contribution in [-0.4, -0.2) is 16.0 Å². The number of hydrogen-bond donors (Lipinski definition) is 2. The highest BCUT2D eigenvalue weighted by molar-refractivity contribution is 5.98. The standard InChI is InChI=1S/C19H14N2O2/c20-19(23)16-10-17(11-4-2-1-3-5-11)21-18-14-7-6-13(22)8-12(14)9-15(16)18/h1-8,10,22H,9H2,(H2,20,23). The average molecular weight is 302 g/mol. The Morgan fingerprint density at radius 2 is 1.87 bits per heavy atom. The number of aromatic nitrogens is 1. The molecule has 0 atom stereocenters. The molecule has 0 saturated carbocycles. The van der Waals surface area contributed by atoms with Crippen molar-refractivity contribution in [2.24, 2.45) is 5.73 Å². The lowest BCUT2D eigenvalue weighted by Crippen LogP contribution is -2.14. The predicted molar refractivity (Wildman–Crippen MR) is 88.1 cm³/mol. The first-order valence-electron chi connectivity index (χ1n) is 7.35. The number of carbonyl (C=O) groups is 1. The molecule has 0 aliphatic heterocycles. The number of rotatable bonds is 2. The van der Waals surface area contributed by atoms with Crippen LogP contribution in [0.1, 0.15) is 21.5 Å². The van der Waals surface area contributed by atoms with Gasteiger partial charge < -0.3 is 10.8 Å². The van der Waals surface area contributed by atoms with Gasteiger partial charge in [-0.2, -0.15) is 0 Å². The zero-order valence-electron chi connectivity index (χ0n) is 12.3. The molecule has 2 aromatic carbocycles. The van der Waals surface area contributed by atoms with Crippen LogP contribution < -0.4 is 5.73 Å². The zero-order valence-corrected chi connectivity index (χ0v) is 12.3. The SMILES string of the molecule is NC(=O)c1cc(-c2ccccc2)nc2c1Cc1cc(O)ccc1-2. The summed E-state index contributed by atoms with van der Waals surface area (Å²) in [7, 11) is 0. The summed E-state index contributed by atoms with van der Waals surface area (Å²) >= 11 is 0. The Kier molecular flexibility index (Phi) is 2.91. The second-order valence-electron chi connectivity index (χ2n) is 5.63. The number of carbonyl (C=O) groups excluding carboxylic acids is 1. The van der Waals surface area contributed by atoms with E-state index in [4.69, 9.17) is 10.7 Å². The van der Waals surface area contributed by atoms with E-state index < -0.39 is 5.91 Å². The molecular weight excluding hydrogens is 288 g/mol. The molecule has 0 spiro atoms. The topological polar surface area (TPSA) is 76.2 Å². The number of benzene rings is 2. The van der Waals surface area contributed by atoms with E-state index in [2.05, 4.69) is 0 Å². The maximum atomic E-state index is 11.9. The Labute approximate surface area is 133 Å². The van der Waals surface area contributed by atoms with Crippen molar-refractivity contribution in [1.29, 1.82) is 0 Å². The normalized spacial score (nSPS) is 11.8. The van der Waals surface area contributed by atoms with Crippen molar-refractivity contribution in [1.82, 2.24) is 4.98 Å². The summed E-state index contributed by atoms with van der Waals surface area (Å²) in [5, 5.41) is 9.67. The molecule has 1 amide bonds. The summed E-state index contributed by atoms with van der Waals surface area (Å²) in [4.78, 5) is 16.7.